The lowest BCUT2D eigenvalue weighted by molar-refractivity contribution is 0.0360. The minimum Gasteiger partial charge on any atom is -0.487 e. The van der Waals surface area contributed by atoms with E-state index in [1.54, 1.807) is 4.68 Å². The number of aromatic nitrogens is 2. The van der Waals surface area contributed by atoms with Gasteiger partial charge in [0.2, 0.25) is 0 Å². The average Bonchev–Trinajstić information content (AvgIpc) is 3.21. The fraction of sp³-hybridized carbons (Fsp3) is 0.500. The molecule has 0 saturated heterocycles. The molecule has 1 saturated carbocycles. The number of nitrogens with zero attached hydrogens (tertiary/aromatic N) is 2. The Morgan fingerprint density at radius 1 is 1.36 bits per heavy atom. The summed E-state index contributed by atoms with van der Waals surface area (Å²) in [5.41, 5.74) is 2.39. The molecule has 1 aromatic carbocycles. The maximum absolute atomic E-state index is 12.9. The molecule has 1 aliphatic heterocycles. The van der Waals surface area contributed by atoms with E-state index < -0.39 is 0 Å². The van der Waals surface area contributed by atoms with Gasteiger partial charge in [0.1, 0.15) is 11.4 Å². The van der Waals surface area contributed by atoms with Crippen LogP contribution in [0.25, 0.3) is 0 Å². The molecule has 0 unspecified atom stereocenters. The molecule has 1 aromatic heterocycles. The van der Waals surface area contributed by atoms with Crippen LogP contribution in [0.5, 0.6) is 5.75 Å². The number of benzene rings is 1. The molecule has 1 atom stereocenters. The van der Waals surface area contributed by atoms with Gasteiger partial charge in [0.25, 0.3) is 5.91 Å². The van der Waals surface area contributed by atoms with Gasteiger partial charge < -0.3 is 10.1 Å². The smallest absolute Gasteiger partial charge is 0.255 e. The predicted molar refractivity (Wildman–Crippen MR) is 95.7 cm³/mol. The summed E-state index contributed by atoms with van der Waals surface area (Å²) in [6.45, 7) is 4.67. The molecule has 1 aliphatic carbocycles. The minimum atomic E-state index is -0.116. The number of hydrogen-bond donors (Lipinski definition) is 1. The number of aryl methyl sites for hydroxylation is 2. The Morgan fingerprint density at radius 3 is 2.84 bits per heavy atom. The van der Waals surface area contributed by atoms with E-state index in [1.165, 1.54) is 12.8 Å². The van der Waals surface area contributed by atoms with Gasteiger partial charge in [-0.3, -0.25) is 9.48 Å². The third-order valence-electron chi connectivity index (χ3n) is 5.53. The SMILES string of the molecule is CCn1cc(C(=O)N[C@H]2CC3(CCCC3)Oc3ccccc32)c(C)n1. The maximum Gasteiger partial charge on any atom is 0.255 e. The van der Waals surface area contributed by atoms with E-state index in [-0.39, 0.29) is 17.6 Å². The lowest BCUT2D eigenvalue weighted by Crippen LogP contribution is -2.43. The Balaban J connectivity index is 1.62. The van der Waals surface area contributed by atoms with E-state index in [0.29, 0.717) is 5.56 Å². The molecule has 2 aliphatic rings. The molecule has 1 N–H and O–H groups in total. The Labute approximate surface area is 148 Å². The Kier molecular flexibility index (Phi) is 4.02. The van der Waals surface area contributed by atoms with Crippen LogP contribution in [0.3, 0.4) is 0 Å². The molecule has 5 nitrogen and oxygen atoms in total. The quantitative estimate of drug-likeness (QED) is 0.926. The van der Waals surface area contributed by atoms with Crippen molar-refractivity contribution in [1.29, 1.82) is 0 Å². The van der Waals surface area contributed by atoms with E-state index >= 15 is 0 Å². The Bertz CT molecular complexity index is 790. The van der Waals surface area contributed by atoms with Crippen LogP contribution in [0.15, 0.2) is 30.5 Å². The van der Waals surface area contributed by atoms with Crippen molar-refractivity contribution in [2.45, 2.75) is 64.1 Å². The van der Waals surface area contributed by atoms with Crippen LogP contribution in [0.2, 0.25) is 0 Å². The number of fused-ring (bicyclic) bond motifs is 1. The Morgan fingerprint density at radius 2 is 2.12 bits per heavy atom. The molecular formula is C20H25N3O2. The number of carbonyl (C=O) groups is 1. The molecule has 2 aromatic rings. The van der Waals surface area contributed by atoms with E-state index in [1.807, 2.05) is 38.2 Å². The third kappa shape index (κ3) is 2.92. The van der Waals surface area contributed by atoms with Crippen molar-refractivity contribution in [3.8, 4) is 5.75 Å². The summed E-state index contributed by atoms with van der Waals surface area (Å²) in [7, 11) is 0. The molecule has 0 bridgehead atoms. The van der Waals surface area contributed by atoms with Gasteiger partial charge in [-0.1, -0.05) is 18.2 Å². The first-order valence-corrected chi connectivity index (χ1v) is 9.23. The van der Waals surface area contributed by atoms with Crippen LogP contribution in [0.1, 0.15) is 66.7 Å². The fourth-order valence-electron chi connectivity index (χ4n) is 4.21. The number of rotatable bonds is 3. The summed E-state index contributed by atoms with van der Waals surface area (Å²) < 4.78 is 8.18. The first-order chi connectivity index (χ1) is 12.1. The second kappa shape index (κ2) is 6.21. The number of hydrogen-bond acceptors (Lipinski definition) is 3. The molecule has 25 heavy (non-hydrogen) atoms. The number of amides is 1. The highest BCUT2D eigenvalue weighted by molar-refractivity contribution is 5.95. The highest BCUT2D eigenvalue weighted by Gasteiger charge is 2.43. The standard InChI is InChI=1S/C20H25N3O2/c1-3-23-13-16(14(2)22-23)19(24)21-17-12-20(10-6-7-11-20)25-18-9-5-4-8-15(17)18/h4-5,8-9,13,17H,3,6-7,10-12H2,1-2H3,(H,21,24)/t17-/m0/s1. The molecule has 1 fully saturated rings. The molecule has 0 radical (unpaired) electrons. The topological polar surface area (TPSA) is 56.2 Å². The minimum absolute atomic E-state index is 0.0140. The zero-order valence-corrected chi connectivity index (χ0v) is 14.9. The molecule has 1 spiro atoms. The summed E-state index contributed by atoms with van der Waals surface area (Å²) in [5.74, 6) is 0.869. The fourth-order valence-corrected chi connectivity index (χ4v) is 4.21. The normalized spacial score (nSPS) is 21.0. The molecule has 1 amide bonds. The monoisotopic (exact) mass is 339 g/mol. The van der Waals surface area contributed by atoms with E-state index in [2.05, 4.69) is 16.5 Å². The van der Waals surface area contributed by atoms with Crippen molar-refractivity contribution in [3.05, 3.63) is 47.3 Å². The molecule has 5 heteroatoms. The van der Waals surface area contributed by atoms with E-state index in [0.717, 1.165) is 42.8 Å². The van der Waals surface area contributed by atoms with Crippen LogP contribution in [0.4, 0.5) is 0 Å². The van der Waals surface area contributed by atoms with Crippen LogP contribution in [-0.4, -0.2) is 21.3 Å². The predicted octanol–water partition coefficient (Wildman–Crippen LogP) is 3.78. The van der Waals surface area contributed by atoms with Gasteiger partial charge >= 0.3 is 0 Å². The van der Waals surface area contributed by atoms with Crippen LogP contribution >= 0.6 is 0 Å². The number of nitrogens with one attached hydrogen (secondary N) is 1. The second-order valence-corrected chi connectivity index (χ2v) is 7.24. The largest absolute Gasteiger partial charge is 0.487 e. The first kappa shape index (κ1) is 16.2. The van der Waals surface area contributed by atoms with Crippen LogP contribution < -0.4 is 10.1 Å². The number of para-hydroxylation sites is 1. The van der Waals surface area contributed by atoms with Gasteiger partial charge in [-0.15, -0.1) is 0 Å². The Hall–Kier alpha value is -2.30. The maximum atomic E-state index is 12.9. The number of carbonyl (C=O) groups excluding carboxylic acids is 1. The third-order valence-corrected chi connectivity index (χ3v) is 5.53. The van der Waals surface area contributed by atoms with Crippen molar-refractivity contribution < 1.29 is 9.53 Å². The zero-order chi connectivity index (χ0) is 17.4. The van der Waals surface area contributed by atoms with Crippen molar-refractivity contribution in [2.75, 3.05) is 0 Å². The van der Waals surface area contributed by atoms with Gasteiger partial charge in [-0.2, -0.15) is 5.10 Å². The van der Waals surface area contributed by atoms with Crippen molar-refractivity contribution >= 4 is 5.91 Å². The average molecular weight is 339 g/mol. The van der Waals surface area contributed by atoms with Crippen molar-refractivity contribution in [2.24, 2.45) is 0 Å². The number of ether oxygens (including phenoxy) is 1. The van der Waals surface area contributed by atoms with Gasteiger partial charge in [-0.05, 0) is 45.6 Å². The van der Waals surface area contributed by atoms with Gasteiger partial charge in [0.05, 0.1) is 17.3 Å². The second-order valence-electron chi connectivity index (χ2n) is 7.24. The van der Waals surface area contributed by atoms with Gasteiger partial charge in [-0.25, -0.2) is 0 Å². The highest BCUT2D eigenvalue weighted by atomic mass is 16.5. The zero-order valence-electron chi connectivity index (χ0n) is 14.9. The van der Waals surface area contributed by atoms with Crippen molar-refractivity contribution in [3.63, 3.8) is 0 Å². The lowest BCUT2D eigenvalue weighted by atomic mass is 9.86. The van der Waals surface area contributed by atoms with Crippen LogP contribution in [-0.2, 0) is 6.54 Å². The first-order valence-electron chi connectivity index (χ1n) is 9.23. The molecule has 4 rings (SSSR count). The summed E-state index contributed by atoms with van der Waals surface area (Å²) >= 11 is 0. The summed E-state index contributed by atoms with van der Waals surface area (Å²) in [6, 6.07) is 8.08. The highest BCUT2D eigenvalue weighted by Crippen LogP contribution is 2.47. The van der Waals surface area contributed by atoms with E-state index in [9.17, 15) is 4.79 Å². The van der Waals surface area contributed by atoms with E-state index in [4.69, 9.17) is 4.74 Å². The van der Waals surface area contributed by atoms with Gasteiger partial charge in [0.15, 0.2) is 0 Å². The summed E-state index contributed by atoms with van der Waals surface area (Å²) in [4.78, 5) is 12.9. The molecule has 132 valence electrons. The molecule has 2 heterocycles. The molecular weight excluding hydrogens is 314 g/mol. The van der Waals surface area contributed by atoms with Gasteiger partial charge in [0, 0.05) is 24.7 Å². The van der Waals surface area contributed by atoms with Crippen molar-refractivity contribution in [1.82, 2.24) is 15.1 Å². The summed E-state index contributed by atoms with van der Waals surface area (Å²) in [6.07, 6.45) is 7.22. The van der Waals surface area contributed by atoms with Crippen LogP contribution in [0, 0.1) is 6.92 Å². The summed E-state index contributed by atoms with van der Waals surface area (Å²) in [5, 5.41) is 7.64. The lowest BCUT2D eigenvalue weighted by Gasteiger charge is -2.40.